The molecule has 0 radical (unpaired) electrons. The molecule has 1 rings (SSSR count). The highest BCUT2D eigenvalue weighted by atomic mass is 79.9. The lowest BCUT2D eigenvalue weighted by Gasteiger charge is -2.11. The van der Waals surface area contributed by atoms with Crippen molar-refractivity contribution in [2.75, 3.05) is 0 Å². The van der Waals surface area contributed by atoms with E-state index in [1.165, 1.54) is 13.0 Å². The molecule has 0 saturated heterocycles. The average molecular weight is 324 g/mol. The first-order chi connectivity index (χ1) is 8.34. The summed E-state index contributed by atoms with van der Waals surface area (Å²) >= 11 is 2.94. The highest BCUT2D eigenvalue weighted by Gasteiger charge is 2.28. The third kappa shape index (κ3) is 3.22. The Morgan fingerprint density at radius 2 is 2.11 bits per heavy atom. The molecule has 0 aliphatic rings. The van der Waals surface area contributed by atoms with Crippen LogP contribution in [0.25, 0.3) is 0 Å². The first kappa shape index (κ1) is 14.5. The summed E-state index contributed by atoms with van der Waals surface area (Å²) in [5, 5.41) is 10.8. The quantitative estimate of drug-likeness (QED) is 0.361. The van der Waals surface area contributed by atoms with Gasteiger partial charge in [-0.1, -0.05) is 22.0 Å². The number of carbonyl (C=O) groups is 1. The van der Waals surface area contributed by atoms with Crippen molar-refractivity contribution in [2.24, 2.45) is 0 Å². The van der Waals surface area contributed by atoms with Crippen molar-refractivity contribution >= 4 is 27.4 Å². The fourth-order valence-corrected chi connectivity index (χ4v) is 1.54. The van der Waals surface area contributed by atoms with Gasteiger partial charge < -0.3 is 4.74 Å². The van der Waals surface area contributed by atoms with Gasteiger partial charge in [0.1, 0.15) is 11.3 Å². The van der Waals surface area contributed by atoms with Gasteiger partial charge in [-0.05, 0) is 13.0 Å². The van der Waals surface area contributed by atoms with Gasteiger partial charge in [0, 0.05) is 6.07 Å². The van der Waals surface area contributed by atoms with Crippen molar-refractivity contribution in [3.63, 3.8) is 0 Å². The van der Waals surface area contributed by atoms with Gasteiger partial charge in [-0.25, -0.2) is 0 Å². The van der Waals surface area contributed by atoms with E-state index in [1.54, 1.807) is 0 Å². The Morgan fingerprint density at radius 3 is 2.56 bits per heavy atom. The van der Waals surface area contributed by atoms with Crippen LogP contribution in [0.2, 0.25) is 0 Å². The van der Waals surface area contributed by atoms with Gasteiger partial charge in [-0.2, -0.15) is 8.78 Å². The molecular formula is C10H8BrF2NO4. The maximum atomic E-state index is 12.2. The summed E-state index contributed by atoms with van der Waals surface area (Å²) in [6.07, 6.45) is 0. The zero-order valence-corrected chi connectivity index (χ0v) is 10.7. The maximum Gasteiger partial charge on any atom is 0.387 e. The standard InChI is InChI=1S/C10H8BrF2NO4/c1-5(11)9(15)8-6(14(16)17)3-2-4-7(8)18-10(12)13/h2-5,10H,1H3. The highest BCUT2D eigenvalue weighted by molar-refractivity contribution is 9.10. The Labute approximate surface area is 109 Å². The summed E-state index contributed by atoms with van der Waals surface area (Å²) in [6.45, 7) is -1.73. The van der Waals surface area contributed by atoms with E-state index in [2.05, 4.69) is 20.7 Å². The van der Waals surface area contributed by atoms with Gasteiger partial charge >= 0.3 is 6.61 Å². The minimum atomic E-state index is -3.16. The van der Waals surface area contributed by atoms with E-state index in [1.807, 2.05) is 0 Å². The second-order valence-corrected chi connectivity index (χ2v) is 4.64. The normalized spacial score (nSPS) is 12.3. The molecule has 1 aromatic carbocycles. The molecule has 8 heteroatoms. The number of nitro groups is 1. The summed E-state index contributed by atoms with van der Waals surface area (Å²) in [5.74, 6) is -1.20. The average Bonchev–Trinajstić information content (AvgIpc) is 2.26. The molecule has 1 atom stereocenters. The first-order valence-electron chi connectivity index (χ1n) is 4.75. The molecule has 0 bridgehead atoms. The molecule has 18 heavy (non-hydrogen) atoms. The number of hydrogen-bond acceptors (Lipinski definition) is 4. The molecule has 5 nitrogen and oxygen atoms in total. The predicted molar refractivity (Wildman–Crippen MR) is 62.4 cm³/mol. The van der Waals surface area contributed by atoms with E-state index in [0.717, 1.165) is 12.1 Å². The molecule has 0 saturated carbocycles. The van der Waals surface area contributed by atoms with Gasteiger partial charge in [0.05, 0.1) is 9.75 Å². The number of alkyl halides is 3. The molecule has 0 heterocycles. The summed E-state index contributed by atoms with van der Waals surface area (Å²) in [6, 6.07) is 3.31. The van der Waals surface area contributed by atoms with Crippen LogP contribution in [0.15, 0.2) is 18.2 Å². The number of nitro benzene ring substituents is 1. The molecule has 0 amide bonds. The number of halogens is 3. The third-order valence-corrected chi connectivity index (χ3v) is 2.44. The zero-order valence-electron chi connectivity index (χ0n) is 9.10. The number of ether oxygens (including phenoxy) is 1. The second kappa shape index (κ2) is 5.85. The fourth-order valence-electron chi connectivity index (χ4n) is 1.31. The smallest absolute Gasteiger partial charge is 0.387 e. The van der Waals surface area contributed by atoms with Crippen LogP contribution in [0.5, 0.6) is 5.75 Å². The Kier molecular flexibility index (Phi) is 4.71. The van der Waals surface area contributed by atoms with Crippen LogP contribution in [-0.2, 0) is 0 Å². The number of rotatable bonds is 5. The van der Waals surface area contributed by atoms with Crippen LogP contribution in [0, 0.1) is 10.1 Å². The van der Waals surface area contributed by atoms with Gasteiger partial charge in [0.25, 0.3) is 5.69 Å². The largest absolute Gasteiger partial charge is 0.434 e. The van der Waals surface area contributed by atoms with E-state index in [-0.39, 0.29) is 0 Å². The van der Waals surface area contributed by atoms with Crippen LogP contribution in [-0.4, -0.2) is 22.1 Å². The number of ketones is 1. The van der Waals surface area contributed by atoms with Crippen LogP contribution < -0.4 is 4.74 Å². The molecule has 1 unspecified atom stereocenters. The predicted octanol–water partition coefficient (Wildman–Crippen LogP) is 3.16. The Hall–Kier alpha value is -1.57. The maximum absolute atomic E-state index is 12.2. The van der Waals surface area contributed by atoms with Crippen molar-refractivity contribution in [2.45, 2.75) is 18.4 Å². The van der Waals surface area contributed by atoms with Gasteiger partial charge in [-0.15, -0.1) is 0 Å². The second-order valence-electron chi connectivity index (χ2n) is 3.27. The summed E-state index contributed by atoms with van der Waals surface area (Å²) in [7, 11) is 0. The van der Waals surface area contributed by atoms with Gasteiger partial charge in [-0.3, -0.25) is 14.9 Å². The number of nitrogens with zero attached hydrogens (tertiary/aromatic N) is 1. The lowest BCUT2D eigenvalue weighted by atomic mass is 10.1. The summed E-state index contributed by atoms with van der Waals surface area (Å²) < 4.78 is 28.5. The number of hydrogen-bond donors (Lipinski definition) is 0. The molecule has 0 aliphatic heterocycles. The first-order valence-corrected chi connectivity index (χ1v) is 5.66. The Balaban J connectivity index is 3.38. The van der Waals surface area contributed by atoms with E-state index < -0.39 is 39.1 Å². The van der Waals surface area contributed by atoms with Crippen molar-refractivity contribution in [1.82, 2.24) is 0 Å². The lowest BCUT2D eigenvalue weighted by molar-refractivity contribution is -0.385. The highest BCUT2D eigenvalue weighted by Crippen LogP contribution is 2.31. The minimum Gasteiger partial charge on any atom is -0.434 e. The summed E-state index contributed by atoms with van der Waals surface area (Å²) in [4.78, 5) is 21.0. The monoisotopic (exact) mass is 323 g/mol. The van der Waals surface area contributed by atoms with E-state index in [4.69, 9.17) is 0 Å². The van der Waals surface area contributed by atoms with Crippen molar-refractivity contribution < 1.29 is 23.2 Å². The van der Waals surface area contributed by atoms with Gasteiger partial charge in [0.2, 0.25) is 0 Å². The Morgan fingerprint density at radius 1 is 1.50 bits per heavy atom. The van der Waals surface area contributed by atoms with Crippen LogP contribution in [0.1, 0.15) is 17.3 Å². The zero-order chi connectivity index (χ0) is 13.9. The summed E-state index contributed by atoms with van der Waals surface area (Å²) in [5.41, 5.74) is -1.03. The molecular weight excluding hydrogens is 316 g/mol. The van der Waals surface area contributed by atoms with Crippen LogP contribution in [0.3, 0.4) is 0 Å². The number of benzene rings is 1. The molecule has 0 fully saturated rings. The SMILES string of the molecule is CC(Br)C(=O)c1c(OC(F)F)cccc1[N+](=O)[O-]. The molecule has 1 aromatic rings. The molecule has 0 spiro atoms. The van der Waals surface area contributed by atoms with Crippen molar-refractivity contribution in [1.29, 1.82) is 0 Å². The van der Waals surface area contributed by atoms with E-state index in [9.17, 15) is 23.7 Å². The lowest BCUT2D eigenvalue weighted by Crippen LogP contribution is -2.15. The minimum absolute atomic E-state index is 0.466. The van der Waals surface area contributed by atoms with Crippen LogP contribution in [0.4, 0.5) is 14.5 Å². The van der Waals surface area contributed by atoms with E-state index in [0.29, 0.717) is 0 Å². The third-order valence-electron chi connectivity index (χ3n) is 2.02. The Bertz CT molecular complexity index is 479. The topological polar surface area (TPSA) is 69.4 Å². The van der Waals surface area contributed by atoms with Crippen molar-refractivity contribution in [3.8, 4) is 5.75 Å². The molecule has 98 valence electrons. The number of Topliss-reactive ketones (excluding diaryl/α,β-unsaturated/α-hetero) is 1. The molecule has 0 aromatic heterocycles. The van der Waals surface area contributed by atoms with Gasteiger partial charge in [0.15, 0.2) is 5.78 Å². The fraction of sp³-hybridized carbons (Fsp3) is 0.300. The number of carbonyl (C=O) groups excluding carboxylic acids is 1. The molecule has 0 aliphatic carbocycles. The van der Waals surface area contributed by atoms with Crippen LogP contribution >= 0.6 is 15.9 Å². The van der Waals surface area contributed by atoms with E-state index >= 15 is 0 Å². The van der Waals surface area contributed by atoms with Crippen molar-refractivity contribution in [3.05, 3.63) is 33.9 Å². The molecule has 0 N–H and O–H groups in total.